The molecular weight excluding hydrogens is 263 g/mol. The molecule has 7 heteroatoms. The van der Waals surface area contributed by atoms with Gasteiger partial charge in [0.05, 0.1) is 6.54 Å². The van der Waals surface area contributed by atoms with E-state index in [0.29, 0.717) is 12.3 Å². The van der Waals surface area contributed by atoms with Gasteiger partial charge in [0.25, 0.3) is 5.91 Å². The zero-order valence-electron chi connectivity index (χ0n) is 11.5. The van der Waals surface area contributed by atoms with E-state index in [1.165, 1.54) is 25.4 Å². The van der Waals surface area contributed by atoms with Crippen molar-refractivity contribution in [3.8, 4) is 0 Å². The van der Waals surface area contributed by atoms with E-state index >= 15 is 0 Å². The number of amides is 1. The van der Waals surface area contributed by atoms with Crippen molar-refractivity contribution in [1.29, 1.82) is 0 Å². The van der Waals surface area contributed by atoms with Crippen molar-refractivity contribution in [2.45, 2.75) is 6.54 Å². The Morgan fingerprint density at radius 1 is 1.40 bits per heavy atom. The van der Waals surface area contributed by atoms with Gasteiger partial charge in [-0.15, -0.1) is 0 Å². The van der Waals surface area contributed by atoms with E-state index in [-0.39, 0.29) is 11.5 Å². The number of aromatic nitrogens is 2. The molecule has 0 aliphatic carbocycles. The van der Waals surface area contributed by atoms with E-state index in [1.807, 2.05) is 19.0 Å². The summed E-state index contributed by atoms with van der Waals surface area (Å²) >= 11 is 0. The van der Waals surface area contributed by atoms with Gasteiger partial charge in [-0.2, -0.15) is 0 Å². The predicted molar refractivity (Wildman–Crippen MR) is 70.8 cm³/mol. The highest BCUT2D eigenvalue weighted by molar-refractivity contribution is 6.03. The molecule has 0 unspecified atom stereocenters. The lowest BCUT2D eigenvalue weighted by atomic mass is 10.3. The van der Waals surface area contributed by atoms with E-state index in [2.05, 4.69) is 10.1 Å². The second-order valence-corrected chi connectivity index (χ2v) is 4.59. The lowest BCUT2D eigenvalue weighted by molar-refractivity contribution is 0.0982. The number of rotatable bonds is 4. The average Bonchev–Trinajstić information content (AvgIpc) is 2.85. The number of hydrogen-bond acceptors (Lipinski definition) is 5. The first-order valence-corrected chi connectivity index (χ1v) is 5.98. The molecule has 0 spiro atoms. The topological polar surface area (TPSA) is 62.5 Å². The van der Waals surface area contributed by atoms with Crippen LogP contribution < -0.4 is 4.90 Å². The molecule has 2 heterocycles. The molecule has 0 aliphatic heterocycles. The Labute approximate surface area is 115 Å². The molecule has 0 N–H and O–H groups in total. The van der Waals surface area contributed by atoms with Crippen LogP contribution in [0.15, 0.2) is 28.9 Å². The molecular formula is C13H15FN4O2. The third kappa shape index (κ3) is 3.00. The minimum Gasteiger partial charge on any atom is -0.359 e. The zero-order chi connectivity index (χ0) is 14.7. The molecule has 2 aromatic rings. The summed E-state index contributed by atoms with van der Waals surface area (Å²) < 4.78 is 18.6. The number of hydrogen-bond donors (Lipinski definition) is 0. The highest BCUT2D eigenvalue weighted by Crippen LogP contribution is 2.16. The van der Waals surface area contributed by atoms with Crippen molar-refractivity contribution < 1.29 is 13.7 Å². The van der Waals surface area contributed by atoms with Crippen LogP contribution in [0.2, 0.25) is 0 Å². The molecule has 2 aromatic heterocycles. The number of carbonyl (C=O) groups excluding carboxylic acids is 1. The van der Waals surface area contributed by atoms with Gasteiger partial charge in [-0.25, -0.2) is 9.37 Å². The van der Waals surface area contributed by atoms with Crippen molar-refractivity contribution in [3.05, 3.63) is 41.7 Å². The van der Waals surface area contributed by atoms with Crippen LogP contribution in [0.3, 0.4) is 0 Å². The Balaban J connectivity index is 2.19. The molecule has 0 saturated carbocycles. The summed E-state index contributed by atoms with van der Waals surface area (Å²) in [7, 11) is 5.19. The lowest BCUT2D eigenvalue weighted by Gasteiger charge is -2.14. The van der Waals surface area contributed by atoms with Crippen LogP contribution in [-0.2, 0) is 6.54 Å². The number of carbonyl (C=O) groups is 1. The van der Waals surface area contributed by atoms with Crippen LogP contribution in [0, 0.1) is 5.82 Å². The van der Waals surface area contributed by atoms with Crippen LogP contribution >= 0.6 is 0 Å². The molecule has 2 rings (SSSR count). The van der Waals surface area contributed by atoms with Crippen molar-refractivity contribution >= 4 is 11.7 Å². The van der Waals surface area contributed by atoms with Gasteiger partial charge in [0, 0.05) is 19.3 Å². The molecule has 20 heavy (non-hydrogen) atoms. The van der Waals surface area contributed by atoms with E-state index in [4.69, 9.17) is 4.52 Å². The molecule has 0 aromatic carbocycles. The molecule has 106 valence electrons. The largest absolute Gasteiger partial charge is 0.359 e. The van der Waals surface area contributed by atoms with Crippen LogP contribution in [0.25, 0.3) is 0 Å². The van der Waals surface area contributed by atoms with E-state index in [0.717, 1.165) is 4.90 Å². The number of pyridine rings is 1. The van der Waals surface area contributed by atoms with E-state index in [9.17, 15) is 9.18 Å². The van der Waals surface area contributed by atoms with Crippen LogP contribution in [0.1, 0.15) is 16.2 Å². The lowest BCUT2D eigenvalue weighted by Crippen LogP contribution is -2.28. The Hall–Kier alpha value is -2.28. The molecule has 0 atom stereocenters. The zero-order valence-corrected chi connectivity index (χ0v) is 11.5. The van der Waals surface area contributed by atoms with Crippen molar-refractivity contribution in [2.75, 3.05) is 26.0 Å². The normalized spacial score (nSPS) is 10.8. The predicted octanol–water partition coefficient (Wildman–Crippen LogP) is 1.55. The maximum Gasteiger partial charge on any atom is 0.281 e. The average molecular weight is 278 g/mol. The molecule has 0 bridgehead atoms. The van der Waals surface area contributed by atoms with Gasteiger partial charge in [-0.05, 0) is 26.2 Å². The molecule has 0 aliphatic rings. The van der Waals surface area contributed by atoms with E-state index < -0.39 is 11.7 Å². The number of halogens is 1. The number of nitrogens with zero attached hydrogens (tertiary/aromatic N) is 4. The van der Waals surface area contributed by atoms with Gasteiger partial charge in [0.2, 0.25) is 0 Å². The molecule has 1 amide bonds. The summed E-state index contributed by atoms with van der Waals surface area (Å²) in [4.78, 5) is 19.0. The first kappa shape index (κ1) is 14.1. The molecule has 0 radical (unpaired) electrons. The summed E-state index contributed by atoms with van der Waals surface area (Å²) in [5.74, 6) is -0.528. The third-order valence-electron chi connectivity index (χ3n) is 2.61. The Bertz CT molecular complexity index is 612. The highest BCUT2D eigenvalue weighted by atomic mass is 19.1. The fourth-order valence-corrected chi connectivity index (χ4v) is 1.69. The fraction of sp³-hybridized carbons (Fsp3) is 0.308. The van der Waals surface area contributed by atoms with Crippen molar-refractivity contribution in [2.24, 2.45) is 0 Å². The quantitative estimate of drug-likeness (QED) is 0.849. The van der Waals surface area contributed by atoms with E-state index in [1.54, 1.807) is 6.07 Å². The highest BCUT2D eigenvalue weighted by Gasteiger charge is 2.21. The summed E-state index contributed by atoms with van der Waals surface area (Å²) in [6.07, 6.45) is 1.42. The second-order valence-electron chi connectivity index (χ2n) is 4.59. The Morgan fingerprint density at radius 2 is 2.15 bits per heavy atom. The summed E-state index contributed by atoms with van der Waals surface area (Å²) in [6, 6.07) is 4.24. The van der Waals surface area contributed by atoms with Crippen molar-refractivity contribution in [3.63, 3.8) is 0 Å². The molecule has 6 nitrogen and oxygen atoms in total. The summed E-state index contributed by atoms with van der Waals surface area (Å²) in [6.45, 7) is 0.530. The van der Waals surface area contributed by atoms with Crippen molar-refractivity contribution in [1.82, 2.24) is 15.0 Å². The van der Waals surface area contributed by atoms with Gasteiger partial charge in [0.15, 0.2) is 23.1 Å². The third-order valence-corrected chi connectivity index (χ3v) is 2.61. The summed E-state index contributed by atoms with van der Waals surface area (Å²) in [5, 5.41) is 3.70. The number of anilines is 1. The fourth-order valence-electron chi connectivity index (χ4n) is 1.69. The van der Waals surface area contributed by atoms with Gasteiger partial charge >= 0.3 is 0 Å². The Kier molecular flexibility index (Phi) is 4.09. The monoisotopic (exact) mass is 278 g/mol. The summed E-state index contributed by atoms with van der Waals surface area (Å²) in [5.41, 5.74) is 0.120. The van der Waals surface area contributed by atoms with Crippen LogP contribution in [0.5, 0.6) is 0 Å². The molecule has 0 fully saturated rings. The first-order valence-electron chi connectivity index (χ1n) is 5.98. The Morgan fingerprint density at radius 3 is 2.80 bits per heavy atom. The standard InChI is InChI=1S/C13H15FN4O2/c1-17(2)8-9-7-11(16-20-9)13(19)18(3)12-10(14)5-4-6-15-12/h4-7H,8H2,1-3H3. The maximum absolute atomic E-state index is 13.6. The first-order chi connectivity index (χ1) is 9.49. The second kappa shape index (κ2) is 5.79. The minimum atomic E-state index is -0.569. The minimum absolute atomic E-state index is 0.0466. The van der Waals surface area contributed by atoms with Gasteiger partial charge in [0.1, 0.15) is 0 Å². The van der Waals surface area contributed by atoms with Crippen LogP contribution in [0.4, 0.5) is 10.2 Å². The molecule has 0 saturated heterocycles. The maximum atomic E-state index is 13.6. The van der Waals surface area contributed by atoms with Gasteiger partial charge in [-0.1, -0.05) is 5.16 Å². The van der Waals surface area contributed by atoms with Gasteiger partial charge in [-0.3, -0.25) is 9.69 Å². The smallest absolute Gasteiger partial charge is 0.281 e. The SMILES string of the molecule is CN(C)Cc1cc(C(=O)N(C)c2ncccc2F)no1. The van der Waals surface area contributed by atoms with Gasteiger partial charge < -0.3 is 9.42 Å². The van der Waals surface area contributed by atoms with Crippen LogP contribution in [-0.4, -0.2) is 42.1 Å².